The Kier molecular flexibility index (Phi) is 3.83. The van der Waals surface area contributed by atoms with Gasteiger partial charge in [-0.1, -0.05) is 12.1 Å². The molecule has 0 unspecified atom stereocenters. The maximum atomic E-state index is 12.3. The van der Waals surface area contributed by atoms with Crippen molar-refractivity contribution >= 4 is 9.84 Å². The van der Waals surface area contributed by atoms with Gasteiger partial charge in [0.25, 0.3) is 9.84 Å². The van der Waals surface area contributed by atoms with Gasteiger partial charge in [0.15, 0.2) is 0 Å². The predicted octanol–water partition coefficient (Wildman–Crippen LogP) is 1.90. The molecule has 0 spiro atoms. The third-order valence-corrected chi connectivity index (χ3v) is 3.53. The normalized spacial score (nSPS) is 14.6. The molecular weight excluding hydrogens is 257 g/mol. The molecule has 1 N–H and O–H groups in total. The van der Waals surface area contributed by atoms with Crippen LogP contribution in [0.1, 0.15) is 12.5 Å². The first-order valence-electron chi connectivity index (χ1n) is 4.73. The summed E-state index contributed by atoms with van der Waals surface area (Å²) in [7, 11) is -5.32. The number of sulfone groups is 1. The summed E-state index contributed by atoms with van der Waals surface area (Å²) in [5, 5.41) is 9.09. The highest BCUT2D eigenvalue weighted by Gasteiger charge is 2.46. The van der Waals surface area contributed by atoms with Gasteiger partial charge < -0.3 is 5.11 Å². The SMILES string of the molecule is C[C@@H](O)Cc1cccc(S(=O)(=O)C(F)(F)F)c1. The molecule has 0 bridgehead atoms. The monoisotopic (exact) mass is 268 g/mol. The molecular formula is C10H11F3O3S. The van der Waals surface area contributed by atoms with Crippen molar-refractivity contribution in [3.05, 3.63) is 29.8 Å². The van der Waals surface area contributed by atoms with Gasteiger partial charge in [-0.3, -0.25) is 0 Å². The van der Waals surface area contributed by atoms with Gasteiger partial charge in [-0.25, -0.2) is 8.42 Å². The molecule has 7 heteroatoms. The zero-order valence-corrected chi connectivity index (χ0v) is 9.72. The fraction of sp³-hybridized carbons (Fsp3) is 0.400. The van der Waals surface area contributed by atoms with Crippen LogP contribution in [0.5, 0.6) is 0 Å². The molecule has 0 heterocycles. The zero-order chi connectivity index (χ0) is 13.3. The first kappa shape index (κ1) is 14.0. The molecule has 1 aromatic rings. The van der Waals surface area contributed by atoms with E-state index in [1.165, 1.54) is 19.1 Å². The number of alkyl halides is 3. The van der Waals surface area contributed by atoms with E-state index in [2.05, 4.69) is 0 Å². The second-order valence-corrected chi connectivity index (χ2v) is 5.59. The molecule has 0 aliphatic rings. The molecule has 0 aliphatic carbocycles. The Labute approximate surface area is 96.8 Å². The lowest BCUT2D eigenvalue weighted by Crippen LogP contribution is -2.23. The van der Waals surface area contributed by atoms with Crippen molar-refractivity contribution in [1.29, 1.82) is 0 Å². The van der Waals surface area contributed by atoms with Gasteiger partial charge in [0, 0.05) is 0 Å². The van der Waals surface area contributed by atoms with Crippen LogP contribution in [0.4, 0.5) is 13.2 Å². The minimum Gasteiger partial charge on any atom is -0.393 e. The van der Waals surface area contributed by atoms with Crippen molar-refractivity contribution in [3.8, 4) is 0 Å². The van der Waals surface area contributed by atoms with E-state index in [1.807, 2.05) is 0 Å². The van der Waals surface area contributed by atoms with E-state index in [0.29, 0.717) is 5.56 Å². The Balaban J connectivity index is 3.17. The number of halogens is 3. The van der Waals surface area contributed by atoms with Gasteiger partial charge in [0.1, 0.15) is 0 Å². The molecule has 17 heavy (non-hydrogen) atoms. The summed E-state index contributed by atoms with van der Waals surface area (Å²) < 4.78 is 59.0. The van der Waals surface area contributed by atoms with Crippen LogP contribution in [0.3, 0.4) is 0 Å². The highest BCUT2D eigenvalue weighted by atomic mass is 32.2. The van der Waals surface area contributed by atoms with Crippen LogP contribution < -0.4 is 0 Å². The summed E-state index contributed by atoms with van der Waals surface area (Å²) in [6.07, 6.45) is -0.653. The average Bonchev–Trinajstić information content (AvgIpc) is 2.15. The molecule has 1 aromatic carbocycles. The molecule has 0 aliphatic heterocycles. The summed E-state index contributed by atoms with van der Waals surface area (Å²) in [6.45, 7) is 1.46. The van der Waals surface area contributed by atoms with Crippen LogP contribution in [0, 0.1) is 0 Å². The average molecular weight is 268 g/mol. The fourth-order valence-corrected chi connectivity index (χ4v) is 2.15. The minimum absolute atomic E-state index is 0.0984. The maximum Gasteiger partial charge on any atom is 0.501 e. The number of hydrogen-bond acceptors (Lipinski definition) is 3. The summed E-state index contributed by atoms with van der Waals surface area (Å²) in [6, 6.07) is 4.49. The van der Waals surface area contributed by atoms with Crippen molar-refractivity contribution in [1.82, 2.24) is 0 Å². The van der Waals surface area contributed by atoms with Crippen LogP contribution in [-0.4, -0.2) is 25.1 Å². The van der Waals surface area contributed by atoms with Crippen LogP contribution >= 0.6 is 0 Å². The fourth-order valence-electron chi connectivity index (χ4n) is 1.31. The van der Waals surface area contributed by atoms with Gasteiger partial charge in [0.2, 0.25) is 0 Å². The van der Waals surface area contributed by atoms with Crippen molar-refractivity contribution in [2.75, 3.05) is 0 Å². The van der Waals surface area contributed by atoms with E-state index >= 15 is 0 Å². The van der Waals surface area contributed by atoms with Crippen LogP contribution in [0.25, 0.3) is 0 Å². The Bertz CT molecular complexity index is 492. The molecule has 0 aromatic heterocycles. The largest absolute Gasteiger partial charge is 0.501 e. The van der Waals surface area contributed by atoms with E-state index in [1.54, 1.807) is 0 Å². The Morgan fingerprint density at radius 1 is 1.35 bits per heavy atom. The third kappa shape index (κ3) is 3.19. The van der Waals surface area contributed by atoms with Crippen molar-refractivity contribution < 1.29 is 26.7 Å². The predicted molar refractivity (Wildman–Crippen MR) is 55.1 cm³/mol. The van der Waals surface area contributed by atoms with Crippen molar-refractivity contribution in [2.24, 2.45) is 0 Å². The van der Waals surface area contributed by atoms with E-state index < -0.39 is 26.3 Å². The summed E-state index contributed by atoms with van der Waals surface area (Å²) in [5.41, 5.74) is -4.97. The van der Waals surface area contributed by atoms with Crippen LogP contribution in [0.15, 0.2) is 29.2 Å². The van der Waals surface area contributed by atoms with E-state index in [0.717, 1.165) is 12.1 Å². The van der Waals surface area contributed by atoms with Gasteiger partial charge in [-0.2, -0.15) is 13.2 Å². The quantitative estimate of drug-likeness (QED) is 0.911. The number of benzene rings is 1. The third-order valence-electron chi connectivity index (χ3n) is 2.04. The van der Waals surface area contributed by atoms with Gasteiger partial charge in [0.05, 0.1) is 11.0 Å². The van der Waals surface area contributed by atoms with Gasteiger partial charge in [-0.05, 0) is 31.0 Å². The maximum absolute atomic E-state index is 12.3. The summed E-state index contributed by atoms with van der Waals surface area (Å²) >= 11 is 0. The van der Waals surface area contributed by atoms with Gasteiger partial charge >= 0.3 is 5.51 Å². The standard InChI is InChI=1S/C10H11F3O3S/c1-7(14)5-8-3-2-4-9(6-8)17(15,16)10(11,12)13/h2-4,6-7,14H,5H2,1H3/t7-/m1/s1. The number of rotatable bonds is 3. The molecule has 0 saturated carbocycles. The Hall–Kier alpha value is -1.08. The smallest absolute Gasteiger partial charge is 0.393 e. The summed E-state index contributed by atoms with van der Waals surface area (Å²) in [5.74, 6) is 0. The van der Waals surface area contributed by atoms with Crippen molar-refractivity contribution in [2.45, 2.75) is 29.9 Å². The number of hydrogen-bond donors (Lipinski definition) is 1. The molecule has 0 saturated heterocycles. The molecule has 0 fully saturated rings. The molecule has 1 atom stereocenters. The number of aliphatic hydroxyl groups is 1. The molecule has 0 amide bonds. The lowest BCUT2D eigenvalue weighted by Gasteiger charge is -2.10. The first-order valence-corrected chi connectivity index (χ1v) is 6.21. The lowest BCUT2D eigenvalue weighted by molar-refractivity contribution is -0.0436. The zero-order valence-electron chi connectivity index (χ0n) is 8.90. The molecule has 3 nitrogen and oxygen atoms in total. The second kappa shape index (κ2) is 4.66. The molecule has 1 rings (SSSR count). The highest BCUT2D eigenvalue weighted by Crippen LogP contribution is 2.30. The molecule has 0 radical (unpaired) electrons. The van der Waals surface area contributed by atoms with Crippen LogP contribution in [-0.2, 0) is 16.3 Å². The number of aliphatic hydroxyl groups excluding tert-OH is 1. The highest BCUT2D eigenvalue weighted by molar-refractivity contribution is 7.92. The topological polar surface area (TPSA) is 54.4 Å². The first-order chi connectivity index (χ1) is 7.64. The van der Waals surface area contributed by atoms with E-state index in [4.69, 9.17) is 5.11 Å². The van der Waals surface area contributed by atoms with Crippen molar-refractivity contribution in [3.63, 3.8) is 0 Å². The lowest BCUT2D eigenvalue weighted by atomic mass is 10.1. The van der Waals surface area contributed by atoms with E-state index in [9.17, 15) is 21.6 Å². The Morgan fingerprint density at radius 3 is 2.41 bits per heavy atom. The Morgan fingerprint density at radius 2 is 1.94 bits per heavy atom. The second-order valence-electron chi connectivity index (χ2n) is 3.65. The summed E-state index contributed by atoms with van der Waals surface area (Å²) in [4.78, 5) is -0.803. The molecule has 96 valence electrons. The minimum atomic E-state index is -5.32. The van der Waals surface area contributed by atoms with Crippen LogP contribution in [0.2, 0.25) is 0 Å². The van der Waals surface area contributed by atoms with E-state index in [-0.39, 0.29) is 6.42 Å². The van der Waals surface area contributed by atoms with Gasteiger partial charge in [-0.15, -0.1) is 0 Å².